The average molecular weight is 715 g/mol. The number of hydrogen-bond donors (Lipinski definition) is 2. The van der Waals surface area contributed by atoms with Crippen molar-refractivity contribution in [3.05, 3.63) is 29.3 Å². The van der Waals surface area contributed by atoms with E-state index in [9.17, 15) is 13.2 Å². The molecule has 0 radical (unpaired) electrons. The Morgan fingerprint density at radius 2 is 1.71 bits per heavy atom. The number of halogens is 3. The van der Waals surface area contributed by atoms with Crippen molar-refractivity contribution in [3.63, 3.8) is 0 Å². The Hall–Kier alpha value is -1.45. The van der Waals surface area contributed by atoms with E-state index in [1.165, 1.54) is 44.2 Å². The van der Waals surface area contributed by atoms with Crippen LogP contribution in [0.25, 0.3) is 0 Å². The summed E-state index contributed by atoms with van der Waals surface area (Å²) in [5.41, 5.74) is 2.70. The molecular weight excluding hydrogens is 646 g/mol. The standard InChI is InChI=1S/C24H38N2O.C15H29F3S.CH2O2/c1-5-27-23-11-10-22-21-8-6-17-16-18(25-14-15-26(3)4)7-9-19(17)20(21)12-13-24(22,23)2;1-8-12(2,3)14(6,7)19-11-9-10-15(17,18)13(4,5)16;2-1-3/h7,9,16,20-23,25H,5-6,8,10-15H2,1-4H3;8-11H2,1-7H3;1H,(H,2,3). The molecule has 0 heterocycles. The predicted octanol–water partition coefficient (Wildman–Crippen LogP) is 10.7. The van der Waals surface area contributed by atoms with Crippen LogP contribution in [-0.2, 0) is 16.0 Å². The van der Waals surface area contributed by atoms with Gasteiger partial charge in [0.25, 0.3) is 12.4 Å². The summed E-state index contributed by atoms with van der Waals surface area (Å²) in [5, 5.41) is 10.5. The number of carboxylic acid groups (broad SMARTS) is 1. The quantitative estimate of drug-likeness (QED) is 0.148. The number of carbonyl (C=O) groups is 1. The Morgan fingerprint density at radius 3 is 2.29 bits per heavy atom. The van der Waals surface area contributed by atoms with Crippen LogP contribution in [0.1, 0.15) is 131 Å². The molecule has 49 heavy (non-hydrogen) atoms. The zero-order valence-electron chi connectivity index (χ0n) is 32.6. The first-order chi connectivity index (χ1) is 22.7. The molecule has 2 N–H and O–H groups in total. The van der Waals surface area contributed by atoms with E-state index in [0.717, 1.165) is 57.7 Å². The van der Waals surface area contributed by atoms with Crippen molar-refractivity contribution in [3.8, 4) is 0 Å². The summed E-state index contributed by atoms with van der Waals surface area (Å²) in [6, 6.07) is 7.21. The fraction of sp³-hybridized carbons (Fsp3) is 0.825. The van der Waals surface area contributed by atoms with Crippen LogP contribution < -0.4 is 5.32 Å². The number of benzene rings is 1. The van der Waals surface area contributed by atoms with Crippen molar-refractivity contribution < 1.29 is 27.8 Å². The normalized spacial score (nSPS) is 25.2. The number of hydrogen-bond acceptors (Lipinski definition) is 5. The van der Waals surface area contributed by atoms with Gasteiger partial charge in [-0.25, -0.2) is 13.2 Å². The Kier molecular flexibility index (Phi) is 16.4. The Morgan fingerprint density at radius 1 is 1.06 bits per heavy atom. The van der Waals surface area contributed by atoms with Gasteiger partial charge in [-0.1, -0.05) is 47.6 Å². The van der Waals surface area contributed by atoms with E-state index in [2.05, 4.69) is 91.0 Å². The molecule has 284 valence electrons. The molecule has 2 saturated carbocycles. The fourth-order valence-corrected chi connectivity index (χ4v) is 9.42. The number of ether oxygens (including phenoxy) is 1. The highest BCUT2D eigenvalue weighted by Gasteiger charge is 2.55. The molecule has 0 amide bonds. The molecule has 1 aromatic carbocycles. The summed E-state index contributed by atoms with van der Waals surface area (Å²) in [5.74, 6) is -0.0868. The van der Waals surface area contributed by atoms with E-state index in [0.29, 0.717) is 23.7 Å². The summed E-state index contributed by atoms with van der Waals surface area (Å²) in [6.45, 7) is 20.1. The van der Waals surface area contributed by atoms with Crippen LogP contribution >= 0.6 is 11.8 Å². The molecule has 0 aliphatic heterocycles. The van der Waals surface area contributed by atoms with Crippen molar-refractivity contribution in [2.75, 3.05) is 44.9 Å². The molecule has 1 aromatic rings. The number of nitrogens with one attached hydrogen (secondary N) is 1. The molecule has 0 aromatic heterocycles. The predicted molar refractivity (Wildman–Crippen MR) is 202 cm³/mol. The van der Waals surface area contributed by atoms with Gasteiger partial charge in [0.2, 0.25) is 0 Å². The van der Waals surface area contributed by atoms with Gasteiger partial charge in [0.1, 0.15) is 0 Å². The summed E-state index contributed by atoms with van der Waals surface area (Å²) < 4.78 is 46.5. The highest BCUT2D eigenvalue weighted by molar-refractivity contribution is 8.00. The minimum atomic E-state index is -3.24. The van der Waals surface area contributed by atoms with E-state index in [-0.39, 0.29) is 23.1 Å². The second-order valence-corrected chi connectivity index (χ2v) is 18.3. The molecule has 2 fully saturated rings. The maximum atomic E-state index is 13.5. The number of thioether (sulfide) groups is 1. The zero-order chi connectivity index (χ0) is 37.3. The molecule has 5 unspecified atom stereocenters. The number of rotatable bonds is 14. The van der Waals surface area contributed by atoms with E-state index < -0.39 is 11.6 Å². The molecule has 9 heteroatoms. The Balaban J connectivity index is 0.000000335. The highest BCUT2D eigenvalue weighted by atomic mass is 32.2. The van der Waals surface area contributed by atoms with Crippen LogP contribution in [0.2, 0.25) is 0 Å². The molecule has 5 atom stereocenters. The first kappa shape index (κ1) is 43.7. The lowest BCUT2D eigenvalue weighted by Gasteiger charge is -2.50. The highest BCUT2D eigenvalue weighted by Crippen LogP contribution is 2.61. The Bertz CT molecular complexity index is 1160. The van der Waals surface area contributed by atoms with E-state index >= 15 is 0 Å². The van der Waals surface area contributed by atoms with E-state index in [1.54, 1.807) is 22.9 Å². The van der Waals surface area contributed by atoms with Crippen LogP contribution in [0, 0.1) is 22.7 Å². The molecule has 0 saturated heterocycles. The van der Waals surface area contributed by atoms with Gasteiger partial charge in [0.05, 0.1) is 6.10 Å². The van der Waals surface area contributed by atoms with Gasteiger partial charge in [-0.3, -0.25) is 4.79 Å². The van der Waals surface area contributed by atoms with Gasteiger partial charge >= 0.3 is 0 Å². The van der Waals surface area contributed by atoms with Gasteiger partial charge in [0.15, 0.2) is 5.67 Å². The van der Waals surface area contributed by atoms with Crippen molar-refractivity contribution in [1.82, 2.24) is 4.90 Å². The number of anilines is 1. The third-order valence-corrected chi connectivity index (χ3v) is 14.1. The first-order valence-electron chi connectivity index (χ1n) is 18.6. The molecule has 3 aliphatic rings. The summed E-state index contributed by atoms with van der Waals surface area (Å²) in [6.07, 6.45) is 9.47. The monoisotopic (exact) mass is 714 g/mol. The number of aryl methyl sites for hydroxylation is 1. The van der Waals surface area contributed by atoms with Crippen molar-refractivity contribution in [1.29, 1.82) is 0 Å². The second kappa shape index (κ2) is 18.3. The largest absolute Gasteiger partial charge is 0.483 e. The maximum Gasteiger partial charge on any atom is 0.290 e. The van der Waals surface area contributed by atoms with Gasteiger partial charge in [-0.2, -0.15) is 11.8 Å². The van der Waals surface area contributed by atoms with Crippen LogP contribution in [0.5, 0.6) is 0 Å². The van der Waals surface area contributed by atoms with Crippen LogP contribution in [0.4, 0.5) is 18.9 Å². The molecule has 5 nitrogen and oxygen atoms in total. The lowest BCUT2D eigenvalue weighted by Crippen LogP contribution is -2.44. The fourth-order valence-electron chi connectivity index (χ4n) is 8.08. The molecule has 0 spiro atoms. The number of likely N-dealkylation sites (N-methyl/N-ethyl adjacent to an activating group) is 1. The first-order valence-corrected chi connectivity index (χ1v) is 19.6. The van der Waals surface area contributed by atoms with Gasteiger partial charge in [0, 0.05) is 36.6 Å². The molecule has 4 rings (SSSR count). The third kappa shape index (κ3) is 11.3. The van der Waals surface area contributed by atoms with Gasteiger partial charge in [-0.05, 0) is 144 Å². The second-order valence-electron chi connectivity index (χ2n) is 16.6. The minimum absolute atomic E-state index is 0.0300. The zero-order valence-corrected chi connectivity index (χ0v) is 33.4. The summed E-state index contributed by atoms with van der Waals surface area (Å²) >= 11 is 1.71. The van der Waals surface area contributed by atoms with E-state index in [1.807, 2.05) is 0 Å². The molecule has 0 bridgehead atoms. The average Bonchev–Trinajstić information content (AvgIpc) is 3.35. The third-order valence-electron chi connectivity index (χ3n) is 12.4. The smallest absolute Gasteiger partial charge is 0.290 e. The van der Waals surface area contributed by atoms with Crippen molar-refractivity contribution in [2.45, 2.75) is 148 Å². The number of alkyl halides is 3. The minimum Gasteiger partial charge on any atom is -0.483 e. The van der Waals surface area contributed by atoms with Gasteiger partial charge in [-0.15, -0.1) is 0 Å². The Labute approximate surface area is 301 Å². The summed E-state index contributed by atoms with van der Waals surface area (Å²) in [4.78, 5) is 10.6. The van der Waals surface area contributed by atoms with Gasteiger partial charge < -0.3 is 20.1 Å². The lowest BCUT2D eigenvalue weighted by molar-refractivity contribution is -0.125. The summed E-state index contributed by atoms with van der Waals surface area (Å²) in [7, 11) is 4.26. The number of nitrogens with zero attached hydrogens (tertiary/aromatic N) is 1. The van der Waals surface area contributed by atoms with Crippen LogP contribution in [-0.4, -0.2) is 78.5 Å². The van der Waals surface area contributed by atoms with Crippen LogP contribution in [0.15, 0.2) is 18.2 Å². The van der Waals surface area contributed by atoms with Crippen molar-refractivity contribution >= 4 is 23.9 Å². The SMILES string of the molecule is CCC(C)(C)C(C)(C)SCCCC(F)(F)C(C)(C)F.CCOC1CCC2C3CCc4cc(NCCN(C)C)ccc4C3CCC12C.O=CO. The van der Waals surface area contributed by atoms with E-state index in [4.69, 9.17) is 14.6 Å². The van der Waals surface area contributed by atoms with Crippen molar-refractivity contribution in [2.24, 2.45) is 22.7 Å². The topological polar surface area (TPSA) is 61.8 Å². The number of fused-ring (bicyclic) bond motifs is 5. The maximum absolute atomic E-state index is 13.5. The lowest BCUT2D eigenvalue weighted by atomic mass is 9.55. The van der Waals surface area contributed by atoms with Crippen LogP contribution in [0.3, 0.4) is 0 Å². The molecular formula is C40H69F3N2O3S. The molecule has 3 aliphatic carbocycles.